The number of aliphatic hydroxyl groups is 1. The first kappa shape index (κ1) is 32.7. The molecule has 1 radical (unpaired) electrons. The van der Waals surface area contributed by atoms with Crippen molar-refractivity contribution in [1.29, 1.82) is 0 Å². The molecule has 1 heterocycles. The molecule has 0 unspecified atom stereocenters. The molecule has 0 saturated heterocycles. The summed E-state index contributed by atoms with van der Waals surface area (Å²) in [4.78, 5) is 16.3. The molecule has 0 aliphatic heterocycles. The average Bonchev–Trinajstić information content (AvgIpc) is 2.88. The van der Waals surface area contributed by atoms with E-state index in [2.05, 4.69) is 62.2 Å². The number of aromatic nitrogens is 1. The summed E-state index contributed by atoms with van der Waals surface area (Å²) < 4.78 is 0. The predicted molar refractivity (Wildman–Crippen MR) is 153 cm³/mol. The van der Waals surface area contributed by atoms with Crippen LogP contribution < -0.4 is 0 Å². The van der Waals surface area contributed by atoms with Gasteiger partial charge in [0.25, 0.3) is 0 Å². The number of rotatable bonds is 8. The van der Waals surface area contributed by atoms with Crippen LogP contribution in [0.4, 0.5) is 0 Å². The van der Waals surface area contributed by atoms with E-state index in [-0.39, 0.29) is 48.4 Å². The second kappa shape index (κ2) is 14.6. The number of aliphatic hydroxyl groups excluding tert-OH is 1. The summed E-state index contributed by atoms with van der Waals surface area (Å²) in [6.07, 6.45) is 6.66. The van der Waals surface area contributed by atoms with Crippen molar-refractivity contribution in [2.75, 3.05) is 0 Å². The van der Waals surface area contributed by atoms with Crippen LogP contribution >= 0.6 is 0 Å². The van der Waals surface area contributed by atoms with Crippen molar-refractivity contribution in [2.24, 2.45) is 11.3 Å². The minimum atomic E-state index is -0.248. The summed E-state index contributed by atoms with van der Waals surface area (Å²) in [5.74, 6) is 0.366. The summed E-state index contributed by atoms with van der Waals surface area (Å²) in [6.45, 7) is 16.8. The number of fused-ring (bicyclic) bond motifs is 1. The van der Waals surface area contributed by atoms with Crippen molar-refractivity contribution in [2.45, 2.75) is 86.5 Å². The van der Waals surface area contributed by atoms with Gasteiger partial charge >= 0.3 is 0 Å². The maximum absolute atomic E-state index is 11.9. The summed E-state index contributed by atoms with van der Waals surface area (Å²) in [6, 6.07) is 20.2. The number of allylic oxidation sites excluding steroid dienone is 2. The molecule has 0 spiro atoms. The van der Waals surface area contributed by atoms with E-state index in [1.165, 1.54) is 17.0 Å². The molecular formula is C33H44IrNO2-. The van der Waals surface area contributed by atoms with Crippen molar-refractivity contribution in [1.82, 2.24) is 4.98 Å². The molecule has 4 heteroatoms. The van der Waals surface area contributed by atoms with E-state index in [4.69, 9.17) is 0 Å². The number of hydrogen-bond acceptors (Lipinski definition) is 3. The number of carbonyl (C=O) groups is 1. The van der Waals surface area contributed by atoms with Crippen molar-refractivity contribution in [3.8, 4) is 11.3 Å². The molecule has 0 saturated carbocycles. The van der Waals surface area contributed by atoms with E-state index in [9.17, 15) is 9.90 Å². The van der Waals surface area contributed by atoms with Crippen LogP contribution in [-0.4, -0.2) is 15.9 Å². The van der Waals surface area contributed by atoms with Crippen LogP contribution in [0.1, 0.15) is 86.6 Å². The Morgan fingerprint density at radius 1 is 0.973 bits per heavy atom. The number of ketones is 1. The fraction of sp³-hybridized carbons (Fsp3) is 0.455. The van der Waals surface area contributed by atoms with Gasteiger partial charge in [0.2, 0.25) is 0 Å². The van der Waals surface area contributed by atoms with Gasteiger partial charge in [-0.25, -0.2) is 0 Å². The molecule has 1 N–H and O–H groups in total. The normalized spacial score (nSPS) is 12.1. The first-order valence-electron chi connectivity index (χ1n) is 13.3. The van der Waals surface area contributed by atoms with Gasteiger partial charge in [-0.05, 0) is 37.2 Å². The van der Waals surface area contributed by atoms with Gasteiger partial charge in [0.15, 0.2) is 5.78 Å². The Morgan fingerprint density at radius 2 is 1.57 bits per heavy atom. The van der Waals surface area contributed by atoms with Gasteiger partial charge in [0, 0.05) is 49.4 Å². The largest absolute Gasteiger partial charge is 0.512 e. The Labute approximate surface area is 238 Å². The van der Waals surface area contributed by atoms with Gasteiger partial charge in [-0.15, -0.1) is 29.1 Å². The second-order valence-corrected chi connectivity index (χ2v) is 10.8. The molecule has 0 fully saturated rings. The van der Waals surface area contributed by atoms with Gasteiger partial charge in [-0.1, -0.05) is 96.7 Å². The van der Waals surface area contributed by atoms with Crippen LogP contribution in [0.3, 0.4) is 0 Å². The molecule has 0 aliphatic carbocycles. The molecular weight excluding hydrogens is 635 g/mol. The van der Waals surface area contributed by atoms with E-state index >= 15 is 0 Å². The first-order chi connectivity index (χ1) is 17.0. The Balaban J connectivity index is 0.000000372. The molecule has 2 aromatic carbocycles. The monoisotopic (exact) mass is 679 g/mol. The summed E-state index contributed by atoms with van der Waals surface area (Å²) in [5, 5.41) is 12.4. The molecule has 3 nitrogen and oxygen atoms in total. The van der Waals surface area contributed by atoms with E-state index < -0.39 is 0 Å². The number of nitrogens with zero attached hydrogens (tertiary/aromatic N) is 1. The summed E-state index contributed by atoms with van der Waals surface area (Å²) in [7, 11) is 0. The zero-order chi connectivity index (χ0) is 26.9. The maximum atomic E-state index is 11.9. The standard InChI is InChI=1S/C19H18N.C14H26O2.Ir/c1-19(2,3)17-13-15(18-10-6-7-11-20-18)12-14-8-4-5-9-16(14)17;1-6-11(7-2)12(15)10-13(16)14(5,8-3)9-4;/h4-11,13H,1-3H3;10-11,16H,6-9H2,1-5H3;/q-1;;/b;13-10-;. The first-order valence-corrected chi connectivity index (χ1v) is 13.3. The van der Waals surface area contributed by atoms with Crippen molar-refractivity contribution in [3.63, 3.8) is 0 Å². The predicted octanol–water partition coefficient (Wildman–Crippen LogP) is 9.26. The quantitative estimate of drug-likeness (QED) is 0.147. The summed E-state index contributed by atoms with van der Waals surface area (Å²) >= 11 is 0. The van der Waals surface area contributed by atoms with E-state index in [1.54, 1.807) is 0 Å². The Morgan fingerprint density at radius 3 is 2.08 bits per heavy atom. The molecule has 3 aromatic rings. The number of pyridine rings is 1. The Bertz CT molecular complexity index is 1150. The summed E-state index contributed by atoms with van der Waals surface area (Å²) in [5.41, 5.74) is 3.23. The van der Waals surface area contributed by atoms with E-state index in [1.807, 2.05) is 59.0 Å². The van der Waals surface area contributed by atoms with Crippen molar-refractivity contribution in [3.05, 3.63) is 78.2 Å². The molecule has 203 valence electrons. The minimum Gasteiger partial charge on any atom is -0.512 e. The van der Waals surface area contributed by atoms with Crippen LogP contribution in [0.2, 0.25) is 0 Å². The van der Waals surface area contributed by atoms with Crippen LogP contribution in [0.5, 0.6) is 0 Å². The molecule has 0 bridgehead atoms. The number of benzene rings is 2. The van der Waals surface area contributed by atoms with Gasteiger partial charge < -0.3 is 5.11 Å². The van der Waals surface area contributed by atoms with Gasteiger partial charge in [0.1, 0.15) is 5.76 Å². The SMILES string of the molecule is CC(C)(C)c1cc(-c2ccccn2)[c-]c2ccccc12.CCC(CC)C(=O)/C=C(\O)C(C)(CC)CC.[Ir]. The van der Waals surface area contributed by atoms with Crippen LogP contribution in [0.25, 0.3) is 22.0 Å². The molecule has 0 atom stereocenters. The van der Waals surface area contributed by atoms with Crippen molar-refractivity contribution >= 4 is 16.6 Å². The van der Waals surface area contributed by atoms with Gasteiger partial charge in [0.05, 0.1) is 0 Å². The van der Waals surface area contributed by atoms with Crippen LogP contribution in [0, 0.1) is 17.4 Å². The third-order valence-electron chi connectivity index (χ3n) is 7.37. The van der Waals surface area contributed by atoms with E-state index in [0.29, 0.717) is 0 Å². The maximum Gasteiger partial charge on any atom is 0.162 e. The second-order valence-electron chi connectivity index (χ2n) is 10.8. The number of hydrogen-bond donors (Lipinski definition) is 1. The average molecular weight is 679 g/mol. The third kappa shape index (κ3) is 8.62. The number of carbonyl (C=O) groups excluding carboxylic acids is 1. The molecule has 1 aromatic heterocycles. The topological polar surface area (TPSA) is 50.2 Å². The zero-order valence-electron chi connectivity index (χ0n) is 23.8. The van der Waals surface area contributed by atoms with Gasteiger partial charge in [-0.3, -0.25) is 9.78 Å². The molecule has 0 aliphatic rings. The minimum absolute atomic E-state index is 0. The van der Waals surface area contributed by atoms with Crippen LogP contribution in [0.15, 0.2) is 66.6 Å². The van der Waals surface area contributed by atoms with Crippen molar-refractivity contribution < 1.29 is 30.0 Å². The van der Waals surface area contributed by atoms with Crippen LogP contribution in [-0.2, 0) is 30.3 Å². The third-order valence-corrected chi connectivity index (χ3v) is 7.37. The molecule has 0 amide bonds. The molecule has 3 rings (SSSR count). The van der Waals surface area contributed by atoms with E-state index in [0.717, 1.165) is 42.3 Å². The fourth-order valence-corrected chi connectivity index (χ4v) is 4.24. The smallest absolute Gasteiger partial charge is 0.162 e. The Hall–Kier alpha value is -2.29. The fourth-order valence-electron chi connectivity index (χ4n) is 4.24. The molecule has 37 heavy (non-hydrogen) atoms. The van der Waals surface area contributed by atoms with Gasteiger partial charge in [-0.2, -0.15) is 0 Å². The Kier molecular flexibility index (Phi) is 12.9. The zero-order valence-corrected chi connectivity index (χ0v) is 26.2.